The van der Waals surface area contributed by atoms with E-state index >= 15 is 0 Å². The molecule has 1 aromatic rings. The number of nitrogens with zero attached hydrogens (tertiary/aromatic N) is 3. The van der Waals surface area contributed by atoms with Gasteiger partial charge in [-0.3, -0.25) is 9.79 Å². The number of carbonyl (C=O) groups is 1. The number of primary amides is 1. The van der Waals surface area contributed by atoms with Crippen LogP contribution in [0.15, 0.2) is 40.2 Å². The molecule has 8 nitrogen and oxygen atoms in total. The Kier molecular flexibility index (Phi) is 7.71. The van der Waals surface area contributed by atoms with Gasteiger partial charge in [0.05, 0.1) is 4.90 Å². The lowest BCUT2D eigenvalue weighted by atomic mass is 9.94. The third kappa shape index (κ3) is 5.72. The second-order valence-electron chi connectivity index (χ2n) is 8.21. The molecule has 1 atom stereocenters. The molecule has 9 heteroatoms. The van der Waals surface area contributed by atoms with Gasteiger partial charge >= 0.3 is 0 Å². The van der Waals surface area contributed by atoms with E-state index in [0.29, 0.717) is 30.3 Å². The van der Waals surface area contributed by atoms with E-state index in [9.17, 15) is 13.2 Å². The second-order valence-corrected chi connectivity index (χ2v) is 10.2. The number of nitrogens with one attached hydrogen (secondary N) is 1. The van der Waals surface area contributed by atoms with Crippen molar-refractivity contribution in [3.8, 4) is 0 Å². The third-order valence-corrected chi connectivity index (χ3v) is 7.94. The number of carbonyl (C=O) groups excluding carboxylic acids is 1. The summed E-state index contributed by atoms with van der Waals surface area (Å²) in [6.45, 7) is 3.54. The van der Waals surface area contributed by atoms with E-state index in [-0.39, 0.29) is 11.8 Å². The molecule has 1 unspecified atom stereocenters. The number of rotatable bonds is 6. The van der Waals surface area contributed by atoms with Gasteiger partial charge in [0.15, 0.2) is 5.96 Å². The summed E-state index contributed by atoms with van der Waals surface area (Å²) in [5.41, 5.74) is 5.36. The van der Waals surface area contributed by atoms with Crippen molar-refractivity contribution in [3.63, 3.8) is 0 Å². The molecule has 3 rings (SSSR count). The van der Waals surface area contributed by atoms with Crippen molar-refractivity contribution in [2.24, 2.45) is 22.6 Å². The van der Waals surface area contributed by atoms with E-state index < -0.39 is 10.0 Å². The van der Waals surface area contributed by atoms with E-state index in [1.165, 1.54) is 0 Å². The second kappa shape index (κ2) is 10.3. The first-order chi connectivity index (χ1) is 14.4. The first-order valence-corrected chi connectivity index (χ1v) is 12.1. The largest absolute Gasteiger partial charge is 0.370 e. The fourth-order valence-corrected chi connectivity index (χ4v) is 5.86. The molecule has 1 aromatic carbocycles. The van der Waals surface area contributed by atoms with Crippen molar-refractivity contribution in [1.82, 2.24) is 14.5 Å². The molecule has 2 fully saturated rings. The van der Waals surface area contributed by atoms with Crippen molar-refractivity contribution >= 4 is 21.9 Å². The van der Waals surface area contributed by atoms with Crippen LogP contribution in [0.4, 0.5) is 0 Å². The highest BCUT2D eigenvalue weighted by molar-refractivity contribution is 7.89. The normalized spacial score (nSPS) is 22.1. The molecule has 3 N–H and O–H groups in total. The van der Waals surface area contributed by atoms with E-state index in [1.807, 2.05) is 6.07 Å². The summed E-state index contributed by atoms with van der Waals surface area (Å²) in [5.74, 6) is 1.28. The lowest BCUT2D eigenvalue weighted by Crippen LogP contribution is -2.49. The predicted octanol–water partition coefficient (Wildman–Crippen LogP) is 1.25. The number of piperidine rings is 2. The average Bonchev–Trinajstić information content (AvgIpc) is 2.75. The van der Waals surface area contributed by atoms with Crippen LogP contribution in [0.2, 0.25) is 0 Å². The van der Waals surface area contributed by atoms with E-state index in [1.54, 1.807) is 35.6 Å². The monoisotopic (exact) mass is 435 g/mol. The van der Waals surface area contributed by atoms with Crippen LogP contribution in [0.3, 0.4) is 0 Å². The predicted molar refractivity (Wildman–Crippen MR) is 117 cm³/mol. The molecule has 0 aromatic heterocycles. The number of amides is 1. The van der Waals surface area contributed by atoms with Crippen LogP contribution in [0.25, 0.3) is 0 Å². The summed E-state index contributed by atoms with van der Waals surface area (Å²) in [6, 6.07) is 8.63. The van der Waals surface area contributed by atoms with Crippen molar-refractivity contribution in [3.05, 3.63) is 30.3 Å². The molecule has 0 spiro atoms. The average molecular weight is 436 g/mol. The van der Waals surface area contributed by atoms with Crippen LogP contribution in [0.1, 0.15) is 32.1 Å². The first kappa shape index (κ1) is 22.6. The molecule has 2 aliphatic rings. The number of hydrogen-bond donors (Lipinski definition) is 2. The standard InChI is InChI=1S/C21H33N5O3S/c1-23-21(25-11-5-6-18(16-25)14-20(22)27)24-15-17-9-12-26(13-10-17)30(28,29)19-7-3-2-4-8-19/h2-4,7-8,17-18H,5-6,9-16H2,1H3,(H2,22,27)(H,23,24). The number of guanidine groups is 1. The fraction of sp³-hybridized carbons (Fsp3) is 0.619. The van der Waals surface area contributed by atoms with Crippen LogP contribution < -0.4 is 11.1 Å². The number of aliphatic imine (C=N–C) groups is 1. The Morgan fingerprint density at radius 2 is 1.83 bits per heavy atom. The summed E-state index contributed by atoms with van der Waals surface area (Å²) in [4.78, 5) is 18.2. The molecule has 0 saturated carbocycles. The molecule has 1 amide bonds. The summed E-state index contributed by atoms with van der Waals surface area (Å²) >= 11 is 0. The van der Waals surface area contributed by atoms with Crippen molar-refractivity contribution in [2.75, 3.05) is 39.8 Å². The minimum Gasteiger partial charge on any atom is -0.370 e. The van der Waals surface area contributed by atoms with Gasteiger partial charge in [-0.1, -0.05) is 18.2 Å². The Morgan fingerprint density at radius 3 is 2.47 bits per heavy atom. The minimum absolute atomic E-state index is 0.248. The van der Waals surface area contributed by atoms with Gasteiger partial charge < -0.3 is 16.0 Å². The highest BCUT2D eigenvalue weighted by Gasteiger charge is 2.30. The Hall–Kier alpha value is -2.13. The van der Waals surface area contributed by atoms with Crippen molar-refractivity contribution < 1.29 is 13.2 Å². The van der Waals surface area contributed by atoms with E-state index in [0.717, 1.165) is 51.3 Å². The van der Waals surface area contributed by atoms with Gasteiger partial charge in [-0.2, -0.15) is 4.31 Å². The lowest BCUT2D eigenvalue weighted by Gasteiger charge is -2.36. The van der Waals surface area contributed by atoms with E-state index in [2.05, 4.69) is 15.2 Å². The van der Waals surface area contributed by atoms with Crippen LogP contribution in [-0.4, -0.2) is 69.3 Å². The van der Waals surface area contributed by atoms with E-state index in [4.69, 9.17) is 5.73 Å². The molecule has 2 heterocycles. The Labute approximate surface area is 179 Å². The summed E-state index contributed by atoms with van der Waals surface area (Å²) in [5, 5.41) is 3.46. The summed E-state index contributed by atoms with van der Waals surface area (Å²) < 4.78 is 27.1. The molecule has 0 radical (unpaired) electrons. The summed E-state index contributed by atoms with van der Waals surface area (Å²) in [7, 11) is -1.64. The first-order valence-electron chi connectivity index (χ1n) is 10.7. The number of nitrogens with two attached hydrogens (primary N) is 1. The maximum Gasteiger partial charge on any atom is 0.243 e. The van der Waals surface area contributed by atoms with Gasteiger partial charge in [-0.05, 0) is 49.7 Å². The van der Waals surface area contributed by atoms with Crippen LogP contribution in [0.5, 0.6) is 0 Å². The molecule has 166 valence electrons. The topological polar surface area (TPSA) is 108 Å². The molecule has 30 heavy (non-hydrogen) atoms. The van der Waals surface area contributed by atoms with Gasteiger partial charge in [0.25, 0.3) is 0 Å². The highest BCUT2D eigenvalue weighted by atomic mass is 32.2. The molecule has 2 saturated heterocycles. The maximum absolute atomic E-state index is 12.8. The molecule has 0 aliphatic carbocycles. The minimum atomic E-state index is -3.41. The van der Waals surface area contributed by atoms with Crippen LogP contribution in [-0.2, 0) is 14.8 Å². The smallest absolute Gasteiger partial charge is 0.243 e. The SMILES string of the molecule is CN=C(NCC1CCN(S(=O)(=O)c2ccccc2)CC1)N1CCCC(CC(N)=O)C1. The maximum atomic E-state index is 12.8. The Morgan fingerprint density at radius 1 is 1.13 bits per heavy atom. The van der Waals surface area contributed by atoms with Gasteiger partial charge in [0, 0.05) is 46.2 Å². The molecular weight excluding hydrogens is 402 g/mol. The van der Waals surface area contributed by atoms with Crippen LogP contribution >= 0.6 is 0 Å². The van der Waals surface area contributed by atoms with Crippen LogP contribution in [0, 0.1) is 11.8 Å². The van der Waals surface area contributed by atoms with Crippen molar-refractivity contribution in [2.45, 2.75) is 37.0 Å². The Balaban J connectivity index is 1.48. The fourth-order valence-electron chi connectivity index (χ4n) is 4.37. The highest BCUT2D eigenvalue weighted by Crippen LogP contribution is 2.24. The number of likely N-dealkylation sites (tertiary alicyclic amines) is 1. The quantitative estimate of drug-likeness (QED) is 0.516. The zero-order chi connectivity index (χ0) is 21.6. The van der Waals surface area contributed by atoms with Gasteiger partial charge in [0.2, 0.25) is 15.9 Å². The Bertz CT molecular complexity index is 835. The number of sulfonamides is 1. The van der Waals surface area contributed by atoms with Gasteiger partial charge in [-0.25, -0.2) is 8.42 Å². The molecular formula is C21H33N5O3S. The zero-order valence-corrected chi connectivity index (χ0v) is 18.5. The number of hydrogen-bond acceptors (Lipinski definition) is 4. The summed E-state index contributed by atoms with van der Waals surface area (Å²) in [6.07, 6.45) is 4.10. The lowest BCUT2D eigenvalue weighted by molar-refractivity contribution is -0.119. The zero-order valence-electron chi connectivity index (χ0n) is 17.7. The van der Waals surface area contributed by atoms with Gasteiger partial charge in [-0.15, -0.1) is 0 Å². The van der Waals surface area contributed by atoms with Gasteiger partial charge in [0.1, 0.15) is 0 Å². The number of benzene rings is 1. The molecule has 2 aliphatic heterocycles. The van der Waals surface area contributed by atoms with Crippen molar-refractivity contribution in [1.29, 1.82) is 0 Å². The third-order valence-electron chi connectivity index (χ3n) is 6.02. The molecule has 0 bridgehead atoms.